The average molecular weight is 230 g/mol. The predicted molar refractivity (Wildman–Crippen MR) is 66.0 cm³/mol. The summed E-state index contributed by atoms with van der Waals surface area (Å²) in [4.78, 5) is 14.1. The molecule has 1 N–H and O–H groups in total. The van der Waals surface area contributed by atoms with Gasteiger partial charge in [0.2, 0.25) is 5.91 Å². The van der Waals surface area contributed by atoms with Crippen molar-refractivity contribution >= 4 is 17.7 Å². The van der Waals surface area contributed by atoms with E-state index in [1.165, 1.54) is 0 Å². The van der Waals surface area contributed by atoms with Crippen molar-refractivity contribution in [1.29, 1.82) is 0 Å². The van der Waals surface area contributed by atoms with Gasteiger partial charge in [0.25, 0.3) is 0 Å². The third kappa shape index (κ3) is 2.88. The van der Waals surface area contributed by atoms with Crippen LogP contribution in [0.1, 0.15) is 33.6 Å². The van der Waals surface area contributed by atoms with Crippen LogP contribution in [-0.4, -0.2) is 41.1 Å². The second-order valence-electron chi connectivity index (χ2n) is 4.23. The molecule has 1 aliphatic heterocycles. The molecule has 3 nitrogen and oxygen atoms in total. The van der Waals surface area contributed by atoms with Gasteiger partial charge >= 0.3 is 0 Å². The average Bonchev–Trinajstić information content (AvgIpc) is 2.43. The summed E-state index contributed by atoms with van der Waals surface area (Å²) in [5.41, 5.74) is 0. The summed E-state index contributed by atoms with van der Waals surface area (Å²) in [6.45, 7) is 6.32. The first-order chi connectivity index (χ1) is 7.11. The van der Waals surface area contributed by atoms with Crippen molar-refractivity contribution in [2.24, 2.45) is 0 Å². The van der Waals surface area contributed by atoms with Gasteiger partial charge in [-0.05, 0) is 26.5 Å². The highest BCUT2D eigenvalue weighted by Crippen LogP contribution is 2.18. The van der Waals surface area contributed by atoms with Crippen LogP contribution in [0.2, 0.25) is 0 Å². The molecule has 1 amide bonds. The Balaban J connectivity index is 2.61. The van der Waals surface area contributed by atoms with Crippen molar-refractivity contribution in [2.75, 3.05) is 12.0 Å². The van der Waals surface area contributed by atoms with Gasteiger partial charge in [0.1, 0.15) is 0 Å². The molecule has 0 aromatic carbocycles. The van der Waals surface area contributed by atoms with Gasteiger partial charge < -0.3 is 4.90 Å². The zero-order valence-electron chi connectivity index (χ0n) is 10.1. The molecule has 0 aromatic heterocycles. The van der Waals surface area contributed by atoms with E-state index in [2.05, 4.69) is 32.3 Å². The third-order valence-electron chi connectivity index (χ3n) is 2.87. The highest BCUT2D eigenvalue weighted by atomic mass is 32.2. The van der Waals surface area contributed by atoms with Crippen LogP contribution in [-0.2, 0) is 4.79 Å². The molecular formula is C11H22N2OS. The Kier molecular flexibility index (Phi) is 4.93. The molecule has 4 heteroatoms. The highest BCUT2D eigenvalue weighted by Gasteiger charge is 2.37. The molecule has 3 unspecified atom stereocenters. The molecule has 0 aliphatic carbocycles. The maximum absolute atomic E-state index is 12.1. The molecule has 0 spiro atoms. The summed E-state index contributed by atoms with van der Waals surface area (Å²) in [7, 11) is 0. The van der Waals surface area contributed by atoms with Crippen LogP contribution >= 0.6 is 11.8 Å². The Hall–Kier alpha value is -0.220. The van der Waals surface area contributed by atoms with Gasteiger partial charge in [0, 0.05) is 11.8 Å². The van der Waals surface area contributed by atoms with Crippen LogP contribution in [0, 0.1) is 0 Å². The van der Waals surface area contributed by atoms with E-state index < -0.39 is 0 Å². The van der Waals surface area contributed by atoms with Crippen molar-refractivity contribution in [3.8, 4) is 0 Å². The molecule has 0 bridgehead atoms. The van der Waals surface area contributed by atoms with E-state index in [0.29, 0.717) is 6.04 Å². The van der Waals surface area contributed by atoms with E-state index in [1.807, 2.05) is 4.90 Å². The fourth-order valence-electron chi connectivity index (χ4n) is 2.23. The molecule has 1 aliphatic rings. The zero-order chi connectivity index (χ0) is 11.4. The van der Waals surface area contributed by atoms with Gasteiger partial charge in [-0.15, -0.1) is 0 Å². The van der Waals surface area contributed by atoms with Gasteiger partial charge in [-0.25, -0.2) is 0 Å². The predicted octanol–water partition coefficient (Wildman–Crippen LogP) is 1.68. The van der Waals surface area contributed by atoms with Gasteiger partial charge in [-0.2, -0.15) is 11.8 Å². The Bertz CT molecular complexity index is 223. The second-order valence-corrected chi connectivity index (χ2v) is 5.14. The lowest BCUT2D eigenvalue weighted by molar-refractivity contribution is -0.131. The molecule has 0 radical (unpaired) electrons. The Labute approximate surface area is 97.0 Å². The molecule has 0 aromatic rings. The van der Waals surface area contributed by atoms with Crippen LogP contribution < -0.4 is 5.32 Å². The van der Waals surface area contributed by atoms with Gasteiger partial charge in [-0.1, -0.05) is 13.3 Å². The lowest BCUT2D eigenvalue weighted by Crippen LogP contribution is -2.42. The number of nitrogens with one attached hydrogen (secondary N) is 1. The SMILES string of the molecule is CCCC1NC(C)N(C(C)CSC)C1=O. The molecule has 1 saturated heterocycles. The van der Waals surface area contributed by atoms with E-state index in [1.54, 1.807) is 11.8 Å². The summed E-state index contributed by atoms with van der Waals surface area (Å²) < 4.78 is 0. The monoisotopic (exact) mass is 230 g/mol. The van der Waals surface area contributed by atoms with Gasteiger partial charge in [0.05, 0.1) is 12.2 Å². The summed E-state index contributed by atoms with van der Waals surface area (Å²) in [6.07, 6.45) is 4.28. The first kappa shape index (κ1) is 12.8. The minimum absolute atomic E-state index is 0.0503. The standard InChI is InChI=1S/C11H22N2OS/c1-5-6-10-11(14)13(9(3)12-10)8(2)7-15-4/h8-10,12H,5-7H2,1-4H3. The summed E-state index contributed by atoms with van der Waals surface area (Å²) in [5, 5.41) is 3.36. The molecule has 1 heterocycles. The minimum Gasteiger partial charge on any atom is -0.323 e. The van der Waals surface area contributed by atoms with Crippen LogP contribution in [0.4, 0.5) is 0 Å². The van der Waals surface area contributed by atoms with Crippen LogP contribution in [0.25, 0.3) is 0 Å². The van der Waals surface area contributed by atoms with Crippen molar-refractivity contribution in [1.82, 2.24) is 10.2 Å². The first-order valence-electron chi connectivity index (χ1n) is 5.69. The van der Waals surface area contributed by atoms with Crippen molar-refractivity contribution < 1.29 is 4.79 Å². The fraction of sp³-hybridized carbons (Fsp3) is 0.909. The number of rotatable bonds is 5. The summed E-state index contributed by atoms with van der Waals surface area (Å²) in [6, 6.07) is 0.381. The van der Waals surface area contributed by atoms with Crippen molar-refractivity contribution in [3.63, 3.8) is 0 Å². The molecular weight excluding hydrogens is 208 g/mol. The topological polar surface area (TPSA) is 32.3 Å². The number of carbonyl (C=O) groups is 1. The quantitative estimate of drug-likeness (QED) is 0.780. The van der Waals surface area contributed by atoms with E-state index in [4.69, 9.17) is 0 Å². The fourth-order valence-corrected chi connectivity index (χ4v) is 2.87. The number of nitrogens with zero attached hydrogens (tertiary/aromatic N) is 1. The molecule has 1 rings (SSSR count). The lowest BCUT2D eigenvalue weighted by atomic mass is 10.1. The molecule has 15 heavy (non-hydrogen) atoms. The maximum atomic E-state index is 12.1. The number of amides is 1. The van der Waals surface area contributed by atoms with Crippen molar-refractivity contribution in [3.05, 3.63) is 0 Å². The third-order valence-corrected chi connectivity index (χ3v) is 3.69. The first-order valence-corrected chi connectivity index (χ1v) is 7.08. The molecule has 1 fully saturated rings. The molecule has 3 atom stereocenters. The number of hydrogen-bond donors (Lipinski definition) is 1. The highest BCUT2D eigenvalue weighted by molar-refractivity contribution is 7.98. The van der Waals surface area contributed by atoms with Gasteiger partial charge in [0.15, 0.2) is 0 Å². The molecule has 0 saturated carbocycles. The van der Waals surface area contributed by atoms with Crippen LogP contribution in [0.15, 0.2) is 0 Å². The van der Waals surface area contributed by atoms with Crippen LogP contribution in [0.5, 0.6) is 0 Å². The van der Waals surface area contributed by atoms with Crippen molar-refractivity contribution in [2.45, 2.75) is 51.9 Å². The zero-order valence-corrected chi connectivity index (χ0v) is 10.9. The number of carbonyl (C=O) groups excluding carboxylic acids is 1. The minimum atomic E-state index is 0.0503. The van der Waals surface area contributed by atoms with E-state index >= 15 is 0 Å². The normalized spacial score (nSPS) is 28.5. The van der Waals surface area contributed by atoms with E-state index in [-0.39, 0.29) is 18.1 Å². The van der Waals surface area contributed by atoms with Crippen LogP contribution in [0.3, 0.4) is 0 Å². The van der Waals surface area contributed by atoms with E-state index in [0.717, 1.165) is 18.6 Å². The number of thioether (sulfide) groups is 1. The smallest absolute Gasteiger partial charge is 0.241 e. The summed E-state index contributed by atoms with van der Waals surface area (Å²) in [5.74, 6) is 1.29. The van der Waals surface area contributed by atoms with Gasteiger partial charge in [-0.3, -0.25) is 10.1 Å². The lowest BCUT2D eigenvalue weighted by Gasteiger charge is -2.27. The summed E-state index contributed by atoms with van der Waals surface area (Å²) >= 11 is 1.79. The Morgan fingerprint density at radius 2 is 2.27 bits per heavy atom. The Morgan fingerprint density at radius 1 is 1.60 bits per heavy atom. The second kappa shape index (κ2) is 5.75. The van der Waals surface area contributed by atoms with E-state index in [9.17, 15) is 4.79 Å². The number of hydrogen-bond acceptors (Lipinski definition) is 3. The largest absolute Gasteiger partial charge is 0.323 e. The molecule has 88 valence electrons. The Morgan fingerprint density at radius 3 is 2.80 bits per heavy atom. The maximum Gasteiger partial charge on any atom is 0.241 e.